The topological polar surface area (TPSA) is 79.1 Å². The number of allylic oxidation sites excluding steroid dienone is 1. The zero-order chi connectivity index (χ0) is 25.1. The summed E-state index contributed by atoms with van der Waals surface area (Å²) in [6, 6.07) is 12.5. The molecule has 0 N–H and O–H groups in total. The van der Waals surface area contributed by atoms with E-state index in [1.54, 1.807) is 31.6 Å². The molecule has 2 heterocycles. The van der Waals surface area contributed by atoms with E-state index in [1.807, 2.05) is 49.4 Å². The maximum absolute atomic E-state index is 13.7. The Morgan fingerprint density at radius 2 is 1.91 bits per heavy atom. The molecule has 7 nitrogen and oxygen atoms in total. The van der Waals surface area contributed by atoms with Gasteiger partial charge in [-0.15, -0.1) is 0 Å². The maximum atomic E-state index is 13.7. The van der Waals surface area contributed by atoms with Crippen LogP contribution in [0.4, 0.5) is 0 Å². The van der Waals surface area contributed by atoms with Crippen LogP contribution < -0.4 is 24.4 Å². The van der Waals surface area contributed by atoms with Crippen molar-refractivity contribution in [1.29, 1.82) is 0 Å². The molecule has 4 rings (SSSR count). The van der Waals surface area contributed by atoms with Crippen molar-refractivity contribution in [3.63, 3.8) is 0 Å². The van der Waals surface area contributed by atoms with Crippen LogP contribution in [-0.4, -0.2) is 30.9 Å². The van der Waals surface area contributed by atoms with Gasteiger partial charge in [-0.2, -0.15) is 0 Å². The van der Waals surface area contributed by atoms with Gasteiger partial charge in [0.15, 0.2) is 16.3 Å². The van der Waals surface area contributed by atoms with Gasteiger partial charge in [-0.05, 0) is 50.1 Å². The number of esters is 1. The monoisotopic (exact) mass is 556 g/mol. The van der Waals surface area contributed by atoms with Gasteiger partial charge in [-0.1, -0.05) is 57.6 Å². The first-order chi connectivity index (χ1) is 16.9. The van der Waals surface area contributed by atoms with Crippen LogP contribution in [0.15, 0.2) is 68.0 Å². The van der Waals surface area contributed by atoms with Crippen molar-refractivity contribution < 1.29 is 19.0 Å². The average Bonchev–Trinajstić information content (AvgIpc) is 3.15. The number of rotatable bonds is 7. The Morgan fingerprint density at radius 1 is 1.17 bits per heavy atom. The average molecular weight is 557 g/mol. The first-order valence-corrected chi connectivity index (χ1v) is 12.7. The zero-order valence-corrected chi connectivity index (χ0v) is 22.2. The normalized spacial score (nSPS) is 15.5. The SMILES string of the molecule is CCOC(=O)C1=C(C)N=c2s/c(=C/c3cc(OCC)c(OC)cc3Br)c(=O)n2[C@H]1c1ccccc1. The fourth-order valence-corrected chi connectivity index (χ4v) is 5.45. The van der Waals surface area contributed by atoms with Crippen LogP contribution in [-0.2, 0) is 9.53 Å². The van der Waals surface area contributed by atoms with Gasteiger partial charge in [-0.3, -0.25) is 9.36 Å². The first kappa shape index (κ1) is 24.9. The number of ether oxygens (including phenoxy) is 3. The summed E-state index contributed by atoms with van der Waals surface area (Å²) in [5, 5.41) is 0. The Kier molecular flexibility index (Phi) is 7.57. The van der Waals surface area contributed by atoms with E-state index in [1.165, 1.54) is 11.3 Å². The molecular formula is C26H25BrN2O5S. The molecule has 0 fully saturated rings. The lowest BCUT2D eigenvalue weighted by Gasteiger charge is -2.24. The van der Waals surface area contributed by atoms with Gasteiger partial charge in [0.25, 0.3) is 5.56 Å². The zero-order valence-electron chi connectivity index (χ0n) is 19.8. The highest BCUT2D eigenvalue weighted by Crippen LogP contribution is 2.34. The second kappa shape index (κ2) is 10.6. The molecule has 0 saturated carbocycles. The number of carbonyl (C=O) groups is 1. The van der Waals surface area contributed by atoms with E-state index in [0.29, 0.717) is 38.7 Å². The summed E-state index contributed by atoms with van der Waals surface area (Å²) in [5.74, 6) is 0.701. The highest BCUT2D eigenvalue weighted by molar-refractivity contribution is 9.10. The summed E-state index contributed by atoms with van der Waals surface area (Å²) in [6.07, 6.45) is 1.79. The van der Waals surface area contributed by atoms with Crippen LogP contribution in [0.2, 0.25) is 0 Å². The van der Waals surface area contributed by atoms with Crippen molar-refractivity contribution in [3.05, 3.63) is 89.0 Å². The van der Waals surface area contributed by atoms with Crippen LogP contribution in [0, 0.1) is 0 Å². The van der Waals surface area contributed by atoms with Crippen molar-refractivity contribution >= 4 is 39.3 Å². The third kappa shape index (κ3) is 4.83. The molecule has 3 aromatic rings. The summed E-state index contributed by atoms with van der Waals surface area (Å²) in [5.41, 5.74) is 2.23. The fourth-order valence-electron chi connectivity index (χ4n) is 3.97. The highest BCUT2D eigenvalue weighted by Gasteiger charge is 2.33. The van der Waals surface area contributed by atoms with E-state index < -0.39 is 12.0 Å². The summed E-state index contributed by atoms with van der Waals surface area (Å²) in [6.45, 7) is 6.13. The second-order valence-corrected chi connectivity index (χ2v) is 9.53. The highest BCUT2D eigenvalue weighted by atomic mass is 79.9. The van der Waals surface area contributed by atoms with Gasteiger partial charge in [0.1, 0.15) is 0 Å². The van der Waals surface area contributed by atoms with E-state index in [4.69, 9.17) is 14.2 Å². The second-order valence-electron chi connectivity index (χ2n) is 7.67. The van der Waals surface area contributed by atoms with Gasteiger partial charge < -0.3 is 14.2 Å². The van der Waals surface area contributed by atoms with E-state index in [2.05, 4.69) is 20.9 Å². The van der Waals surface area contributed by atoms with Gasteiger partial charge in [0.2, 0.25) is 0 Å². The minimum atomic E-state index is -0.632. The lowest BCUT2D eigenvalue weighted by molar-refractivity contribution is -0.139. The number of thiazole rings is 1. The molecule has 1 aliphatic heterocycles. The molecule has 182 valence electrons. The van der Waals surface area contributed by atoms with Crippen LogP contribution >= 0.6 is 27.3 Å². The number of fused-ring (bicyclic) bond motifs is 1. The van der Waals surface area contributed by atoms with E-state index >= 15 is 0 Å². The number of halogens is 1. The molecule has 9 heteroatoms. The Balaban J connectivity index is 1.93. The van der Waals surface area contributed by atoms with E-state index in [0.717, 1.165) is 15.6 Å². The number of carbonyl (C=O) groups excluding carboxylic acids is 1. The van der Waals surface area contributed by atoms with E-state index in [-0.39, 0.29) is 12.2 Å². The molecule has 0 saturated heterocycles. The van der Waals surface area contributed by atoms with Crippen LogP contribution in [0.3, 0.4) is 0 Å². The summed E-state index contributed by atoms with van der Waals surface area (Å²) >= 11 is 4.84. The third-order valence-electron chi connectivity index (χ3n) is 5.50. The predicted molar refractivity (Wildman–Crippen MR) is 139 cm³/mol. The maximum Gasteiger partial charge on any atom is 0.338 e. The Labute approximate surface area is 215 Å². The van der Waals surface area contributed by atoms with Crippen molar-refractivity contribution in [2.24, 2.45) is 4.99 Å². The van der Waals surface area contributed by atoms with Gasteiger partial charge in [-0.25, -0.2) is 9.79 Å². The van der Waals surface area contributed by atoms with Gasteiger partial charge in [0, 0.05) is 4.47 Å². The van der Waals surface area contributed by atoms with Crippen LogP contribution in [0.25, 0.3) is 6.08 Å². The Morgan fingerprint density at radius 3 is 2.57 bits per heavy atom. The molecule has 1 aliphatic rings. The van der Waals surface area contributed by atoms with Crippen molar-refractivity contribution in [2.45, 2.75) is 26.8 Å². The molecule has 2 aromatic carbocycles. The largest absolute Gasteiger partial charge is 0.493 e. The summed E-state index contributed by atoms with van der Waals surface area (Å²) in [4.78, 5) is 31.8. The van der Waals surface area contributed by atoms with Crippen molar-refractivity contribution in [2.75, 3.05) is 20.3 Å². The first-order valence-electron chi connectivity index (χ1n) is 11.1. The molecule has 0 spiro atoms. The Hall–Kier alpha value is -3.17. The molecule has 0 amide bonds. The third-order valence-corrected chi connectivity index (χ3v) is 7.17. The van der Waals surface area contributed by atoms with Crippen molar-refractivity contribution in [1.82, 2.24) is 4.57 Å². The smallest absolute Gasteiger partial charge is 0.338 e. The molecule has 35 heavy (non-hydrogen) atoms. The molecule has 0 unspecified atom stereocenters. The lowest BCUT2D eigenvalue weighted by atomic mass is 9.96. The lowest BCUT2D eigenvalue weighted by Crippen LogP contribution is -2.39. The number of hydrogen-bond donors (Lipinski definition) is 0. The van der Waals surface area contributed by atoms with Gasteiger partial charge >= 0.3 is 5.97 Å². The number of nitrogens with zero attached hydrogens (tertiary/aromatic N) is 2. The van der Waals surface area contributed by atoms with Crippen molar-refractivity contribution in [3.8, 4) is 11.5 Å². The van der Waals surface area contributed by atoms with Crippen LogP contribution in [0.1, 0.15) is 37.9 Å². The number of methoxy groups -OCH3 is 1. The molecule has 0 aliphatic carbocycles. The number of benzene rings is 2. The van der Waals surface area contributed by atoms with E-state index in [9.17, 15) is 9.59 Å². The van der Waals surface area contributed by atoms with Crippen LogP contribution in [0.5, 0.6) is 11.5 Å². The molecule has 1 aromatic heterocycles. The summed E-state index contributed by atoms with van der Waals surface area (Å²) < 4.78 is 19.2. The molecular weight excluding hydrogens is 532 g/mol. The standard InChI is InChI=1S/C26H25BrN2O5S/c1-5-33-20-12-17(18(27)14-19(20)32-4)13-21-24(30)29-23(16-10-8-7-9-11-16)22(25(31)34-6-2)15(3)28-26(29)35-21/h7-14,23H,5-6H2,1-4H3/b21-13+/t23-/m0/s1. The fraction of sp³-hybridized carbons (Fsp3) is 0.269. The minimum Gasteiger partial charge on any atom is -0.493 e. The summed E-state index contributed by atoms with van der Waals surface area (Å²) in [7, 11) is 1.58. The molecule has 0 bridgehead atoms. The molecule has 0 radical (unpaired) electrons. The number of aromatic nitrogens is 1. The molecule has 1 atom stereocenters. The minimum absolute atomic E-state index is 0.231. The number of hydrogen-bond acceptors (Lipinski definition) is 7. The predicted octanol–water partition coefficient (Wildman–Crippen LogP) is 3.97. The Bertz CT molecular complexity index is 1470. The van der Waals surface area contributed by atoms with Gasteiger partial charge in [0.05, 0.1) is 42.2 Å². The quantitative estimate of drug-likeness (QED) is 0.411.